The summed E-state index contributed by atoms with van der Waals surface area (Å²) in [5.41, 5.74) is 3.79. The van der Waals surface area contributed by atoms with Crippen LogP contribution in [0.1, 0.15) is 6.42 Å². The van der Waals surface area contributed by atoms with E-state index in [2.05, 4.69) is 18.8 Å². The van der Waals surface area contributed by atoms with E-state index in [9.17, 15) is 0 Å². The van der Waals surface area contributed by atoms with E-state index in [1.54, 1.807) is 0 Å². The van der Waals surface area contributed by atoms with Gasteiger partial charge in [-0.15, -0.1) is 0 Å². The quantitative estimate of drug-likeness (QED) is 0.578. The highest BCUT2D eigenvalue weighted by Crippen LogP contribution is 2.10. The molecule has 0 saturated carbocycles. The Bertz CT molecular complexity index is 75.5. The topological polar surface area (TPSA) is 36.9 Å². The molecule has 0 fully saturated rings. The van der Waals surface area contributed by atoms with Gasteiger partial charge in [-0.05, 0) is 25.6 Å². The van der Waals surface area contributed by atoms with E-state index in [4.69, 9.17) is 4.43 Å². The van der Waals surface area contributed by atoms with Gasteiger partial charge in [0.05, 0.1) is 6.54 Å². The van der Waals surface area contributed by atoms with Gasteiger partial charge in [0.1, 0.15) is 0 Å². The maximum absolute atomic E-state index is 5.35. The molecule has 2 nitrogen and oxygen atoms in total. The average Bonchev–Trinajstić information content (AvgIpc) is 1.84. The molecular weight excluding hydrogens is 130 g/mol. The van der Waals surface area contributed by atoms with Crippen molar-refractivity contribution in [3.05, 3.63) is 0 Å². The zero-order valence-corrected chi connectivity index (χ0v) is 7.74. The molecule has 0 radical (unpaired) electrons. The van der Waals surface area contributed by atoms with Crippen LogP contribution < -0.4 is 5.73 Å². The van der Waals surface area contributed by atoms with Gasteiger partial charge >= 0.3 is 0 Å². The summed E-state index contributed by atoms with van der Waals surface area (Å²) in [7, 11) is 0.577. The van der Waals surface area contributed by atoms with Crippen molar-refractivity contribution >= 4 is 8.32 Å². The molecule has 0 atom stereocenters. The second-order valence-electron chi connectivity index (χ2n) is 2.92. The normalized spacial score (nSPS) is 12.0. The Hall–Kier alpha value is 0.137. The lowest BCUT2D eigenvalue weighted by molar-refractivity contribution is -0.367. The van der Waals surface area contributed by atoms with E-state index in [1.165, 1.54) is 12.5 Å². The van der Waals surface area contributed by atoms with Crippen LogP contribution in [-0.2, 0) is 4.43 Å². The van der Waals surface area contributed by atoms with Crippen LogP contribution in [0.25, 0.3) is 0 Å². The fraction of sp³-hybridized carbons (Fsp3) is 1.00. The van der Waals surface area contributed by atoms with E-state index in [0.717, 1.165) is 6.54 Å². The second kappa shape index (κ2) is 4.03. The minimum Gasteiger partial charge on any atom is -0.420 e. The first-order valence-corrected chi connectivity index (χ1v) is 6.58. The Morgan fingerprint density at radius 2 is 2.00 bits per heavy atom. The van der Waals surface area contributed by atoms with Crippen molar-refractivity contribution in [3.8, 4) is 0 Å². The molecule has 0 aliphatic rings. The smallest absolute Gasteiger partial charge is 0.186 e. The summed E-state index contributed by atoms with van der Waals surface area (Å²) in [5, 5.41) is 0. The predicted octanol–water partition coefficient (Wildman–Crippen LogP) is 0.470. The lowest BCUT2D eigenvalue weighted by atomic mass is 10.5. The molecule has 0 aromatic heterocycles. The van der Waals surface area contributed by atoms with Crippen molar-refractivity contribution in [2.24, 2.45) is 0 Å². The molecule has 0 aromatic rings. The van der Waals surface area contributed by atoms with Crippen LogP contribution in [-0.4, -0.2) is 22.0 Å². The molecule has 0 aliphatic heterocycles. The molecule has 0 heterocycles. The molecule has 9 heavy (non-hydrogen) atoms. The van der Waals surface area contributed by atoms with E-state index < -0.39 is 8.32 Å². The van der Waals surface area contributed by atoms with Gasteiger partial charge in [-0.3, -0.25) is 0 Å². The molecule has 0 unspecified atom stereocenters. The highest BCUT2D eigenvalue weighted by atomic mass is 28.4. The molecule has 0 spiro atoms. The summed E-state index contributed by atoms with van der Waals surface area (Å²) in [6.07, 6.45) is 1.22. The van der Waals surface area contributed by atoms with Gasteiger partial charge in [-0.25, -0.2) is 0 Å². The molecule has 3 N–H and O–H groups in total. The van der Waals surface area contributed by atoms with Crippen LogP contribution in [0.5, 0.6) is 0 Å². The summed E-state index contributed by atoms with van der Waals surface area (Å²) in [6, 6.07) is 1.24. The van der Waals surface area contributed by atoms with Gasteiger partial charge in [0, 0.05) is 7.11 Å². The molecule has 56 valence electrons. The summed E-state index contributed by atoms with van der Waals surface area (Å²) in [5.74, 6) is 0. The molecule has 3 heteroatoms. The lowest BCUT2D eigenvalue weighted by Gasteiger charge is -2.18. The summed E-state index contributed by atoms with van der Waals surface area (Å²) in [6.45, 7) is 5.52. The zero-order chi connectivity index (χ0) is 7.33. The first-order valence-electron chi connectivity index (χ1n) is 3.47. The Morgan fingerprint density at radius 3 is 2.33 bits per heavy atom. The highest BCUT2D eigenvalue weighted by Gasteiger charge is 2.19. The van der Waals surface area contributed by atoms with Gasteiger partial charge in [0.2, 0.25) is 0 Å². The molecule has 0 saturated heterocycles. The monoisotopic (exact) mass is 148 g/mol. The van der Waals surface area contributed by atoms with Crippen LogP contribution in [0.2, 0.25) is 19.1 Å². The highest BCUT2D eigenvalue weighted by molar-refractivity contribution is 6.71. The van der Waals surface area contributed by atoms with Crippen molar-refractivity contribution in [3.63, 3.8) is 0 Å². The predicted molar refractivity (Wildman–Crippen MR) is 41.7 cm³/mol. The molecule has 0 amide bonds. The Kier molecular flexibility index (Phi) is 4.09. The van der Waals surface area contributed by atoms with E-state index in [1.807, 2.05) is 7.11 Å². The largest absolute Gasteiger partial charge is 0.420 e. The second-order valence-corrected chi connectivity index (χ2v) is 7.35. The summed E-state index contributed by atoms with van der Waals surface area (Å²) >= 11 is 0. The third-order valence-electron chi connectivity index (χ3n) is 1.58. The zero-order valence-electron chi connectivity index (χ0n) is 6.74. The maximum atomic E-state index is 5.35. The summed E-state index contributed by atoms with van der Waals surface area (Å²) in [4.78, 5) is 0. The fourth-order valence-electron chi connectivity index (χ4n) is 0.653. The van der Waals surface area contributed by atoms with Gasteiger partial charge in [-0.1, -0.05) is 0 Å². The van der Waals surface area contributed by atoms with Gasteiger partial charge < -0.3 is 10.2 Å². The van der Waals surface area contributed by atoms with Crippen LogP contribution in [0.4, 0.5) is 0 Å². The van der Waals surface area contributed by atoms with Crippen molar-refractivity contribution in [1.82, 2.24) is 0 Å². The molecule has 0 aliphatic carbocycles. The third kappa shape index (κ3) is 4.63. The number of hydrogen-bond acceptors (Lipinski definition) is 1. The summed E-state index contributed by atoms with van der Waals surface area (Å²) < 4.78 is 5.35. The minimum atomic E-state index is -1.24. The number of hydrogen-bond donors (Lipinski definition) is 1. The Balaban J connectivity index is 3.33. The van der Waals surface area contributed by atoms with Crippen LogP contribution in [0, 0.1) is 0 Å². The van der Waals surface area contributed by atoms with Crippen molar-refractivity contribution in [2.75, 3.05) is 13.7 Å². The fourth-order valence-corrected chi connectivity index (χ4v) is 1.96. The first-order chi connectivity index (χ1) is 4.12. The van der Waals surface area contributed by atoms with Crippen molar-refractivity contribution < 1.29 is 10.2 Å². The minimum absolute atomic E-state index is 1.04. The molecule has 0 bridgehead atoms. The molecule has 0 aromatic carbocycles. The average molecular weight is 148 g/mol. The van der Waals surface area contributed by atoms with Crippen LogP contribution in [0.15, 0.2) is 0 Å². The maximum Gasteiger partial charge on any atom is 0.186 e. The number of rotatable bonds is 4. The van der Waals surface area contributed by atoms with E-state index in [-0.39, 0.29) is 0 Å². The van der Waals surface area contributed by atoms with Crippen molar-refractivity contribution in [2.45, 2.75) is 25.6 Å². The SMILES string of the molecule is CO[Si](C)(C)CCC[NH3+]. The molecule has 0 rings (SSSR count). The van der Waals surface area contributed by atoms with Gasteiger partial charge in [-0.2, -0.15) is 0 Å². The Labute approximate surface area is 58.5 Å². The number of quaternary nitrogens is 1. The van der Waals surface area contributed by atoms with E-state index >= 15 is 0 Å². The van der Waals surface area contributed by atoms with Crippen LogP contribution >= 0.6 is 0 Å². The van der Waals surface area contributed by atoms with Crippen molar-refractivity contribution in [1.29, 1.82) is 0 Å². The standard InChI is InChI=1S/C6H17NOSi/c1-8-9(2,3)6-4-5-7/h4-7H2,1-3H3/p+1. The van der Waals surface area contributed by atoms with Gasteiger partial charge in [0.15, 0.2) is 8.32 Å². The first kappa shape index (κ1) is 9.14. The third-order valence-corrected chi connectivity index (χ3v) is 4.24. The lowest BCUT2D eigenvalue weighted by Crippen LogP contribution is -2.50. The van der Waals surface area contributed by atoms with Gasteiger partial charge in [0.25, 0.3) is 0 Å². The Morgan fingerprint density at radius 1 is 1.44 bits per heavy atom. The van der Waals surface area contributed by atoms with E-state index in [0.29, 0.717) is 0 Å². The molecular formula is C6H18NOSi+. The van der Waals surface area contributed by atoms with Crippen LogP contribution in [0.3, 0.4) is 0 Å².